The second-order valence-corrected chi connectivity index (χ2v) is 12.8. The number of hydrogen-bond acceptors (Lipinski definition) is 2. The van der Waals surface area contributed by atoms with E-state index in [1.807, 2.05) is 12.1 Å². The molecule has 0 saturated heterocycles. The highest BCUT2D eigenvalue weighted by Crippen LogP contribution is 2.53. The van der Waals surface area contributed by atoms with Crippen LogP contribution in [-0.2, 0) is 5.41 Å². The standard InChI is InChI=1S/C44H31NO/c1-44(2)36-23-24-41-43(35-15-9-10-16-40(35)46-41)42(36)34-22-21-32(25-37(34)44)29-17-19-31(20-18-29)39-27-33(28-11-5-3-6-12-28)26-38(45-39)30-13-7-4-8-14-30/h3-27H,1-2H3. The van der Waals surface area contributed by atoms with Gasteiger partial charge in [0.25, 0.3) is 0 Å². The van der Waals surface area contributed by atoms with Crippen LogP contribution < -0.4 is 0 Å². The summed E-state index contributed by atoms with van der Waals surface area (Å²) in [6, 6.07) is 54.0. The van der Waals surface area contributed by atoms with Gasteiger partial charge in [0.1, 0.15) is 11.2 Å². The fourth-order valence-electron chi connectivity index (χ4n) is 7.29. The van der Waals surface area contributed by atoms with E-state index in [1.54, 1.807) is 0 Å². The first kappa shape index (κ1) is 26.7. The Morgan fingerprint density at radius 2 is 1.04 bits per heavy atom. The van der Waals surface area contributed by atoms with E-state index < -0.39 is 0 Å². The smallest absolute Gasteiger partial charge is 0.136 e. The van der Waals surface area contributed by atoms with E-state index >= 15 is 0 Å². The van der Waals surface area contributed by atoms with Gasteiger partial charge in [-0.2, -0.15) is 0 Å². The third-order valence-corrected chi connectivity index (χ3v) is 9.70. The summed E-state index contributed by atoms with van der Waals surface area (Å²) in [5.41, 5.74) is 16.0. The van der Waals surface area contributed by atoms with Gasteiger partial charge in [-0.3, -0.25) is 0 Å². The van der Waals surface area contributed by atoms with Gasteiger partial charge in [-0.05, 0) is 74.8 Å². The molecule has 6 aromatic carbocycles. The third-order valence-electron chi connectivity index (χ3n) is 9.70. The zero-order chi connectivity index (χ0) is 30.8. The molecule has 0 atom stereocenters. The van der Waals surface area contributed by atoms with Crippen LogP contribution in [0.3, 0.4) is 0 Å². The molecule has 0 fully saturated rings. The second kappa shape index (κ2) is 10.2. The summed E-state index contributed by atoms with van der Waals surface area (Å²) >= 11 is 0. The molecule has 1 aliphatic rings. The lowest BCUT2D eigenvalue weighted by atomic mass is 9.81. The second-order valence-electron chi connectivity index (χ2n) is 12.8. The molecule has 0 unspecified atom stereocenters. The van der Waals surface area contributed by atoms with Crippen molar-refractivity contribution in [1.29, 1.82) is 0 Å². The number of fused-ring (bicyclic) bond motifs is 7. The fraction of sp³-hybridized carbons (Fsp3) is 0.0682. The van der Waals surface area contributed by atoms with Gasteiger partial charge in [0, 0.05) is 27.3 Å². The van der Waals surface area contributed by atoms with Gasteiger partial charge in [-0.25, -0.2) is 4.98 Å². The van der Waals surface area contributed by atoms with Crippen LogP contribution in [0.1, 0.15) is 25.0 Å². The minimum atomic E-state index is -0.122. The maximum Gasteiger partial charge on any atom is 0.136 e. The first-order valence-electron chi connectivity index (χ1n) is 15.9. The number of benzene rings is 6. The molecular weight excluding hydrogens is 558 g/mol. The molecule has 0 aliphatic heterocycles. The van der Waals surface area contributed by atoms with Crippen molar-refractivity contribution in [3.63, 3.8) is 0 Å². The van der Waals surface area contributed by atoms with Crippen LogP contribution in [0.25, 0.3) is 77.8 Å². The molecule has 2 aromatic heterocycles. The van der Waals surface area contributed by atoms with Gasteiger partial charge in [0.15, 0.2) is 0 Å². The van der Waals surface area contributed by atoms with Gasteiger partial charge in [0.05, 0.1) is 11.4 Å². The summed E-state index contributed by atoms with van der Waals surface area (Å²) in [6.45, 7) is 4.68. The average Bonchev–Trinajstić information content (AvgIpc) is 3.60. The number of pyridine rings is 1. The Morgan fingerprint density at radius 1 is 0.457 bits per heavy atom. The fourth-order valence-corrected chi connectivity index (χ4v) is 7.29. The van der Waals surface area contributed by atoms with E-state index in [-0.39, 0.29) is 5.41 Å². The van der Waals surface area contributed by atoms with Crippen molar-refractivity contribution in [3.05, 3.63) is 163 Å². The summed E-state index contributed by atoms with van der Waals surface area (Å²) in [5, 5.41) is 2.40. The third kappa shape index (κ3) is 4.14. The van der Waals surface area contributed by atoms with E-state index in [0.29, 0.717) is 0 Å². The molecule has 0 amide bonds. The number of furan rings is 1. The Labute approximate surface area is 268 Å². The molecule has 0 radical (unpaired) electrons. The summed E-state index contributed by atoms with van der Waals surface area (Å²) in [5.74, 6) is 0. The van der Waals surface area contributed by atoms with E-state index in [2.05, 4.69) is 153 Å². The first-order valence-corrected chi connectivity index (χ1v) is 15.9. The summed E-state index contributed by atoms with van der Waals surface area (Å²) in [7, 11) is 0. The highest BCUT2D eigenvalue weighted by molar-refractivity contribution is 6.15. The van der Waals surface area contributed by atoms with Crippen molar-refractivity contribution in [2.24, 2.45) is 0 Å². The van der Waals surface area contributed by atoms with Gasteiger partial charge in [-0.1, -0.05) is 135 Å². The Bertz CT molecular complexity index is 2360. The van der Waals surface area contributed by atoms with Gasteiger partial charge in [-0.15, -0.1) is 0 Å². The number of hydrogen-bond donors (Lipinski definition) is 0. The highest BCUT2D eigenvalue weighted by atomic mass is 16.3. The number of rotatable bonds is 4. The molecule has 8 aromatic rings. The van der Waals surface area contributed by atoms with E-state index in [4.69, 9.17) is 9.40 Å². The Morgan fingerprint density at radius 3 is 1.78 bits per heavy atom. The quantitative estimate of drug-likeness (QED) is 0.204. The molecular formula is C44H31NO. The minimum Gasteiger partial charge on any atom is -0.456 e. The van der Waals surface area contributed by atoms with Crippen LogP contribution in [-0.4, -0.2) is 4.98 Å². The molecule has 9 rings (SSSR count). The summed E-state index contributed by atoms with van der Waals surface area (Å²) in [6.07, 6.45) is 0. The van der Waals surface area contributed by atoms with Crippen molar-refractivity contribution in [3.8, 4) is 55.9 Å². The van der Waals surface area contributed by atoms with Crippen LogP contribution >= 0.6 is 0 Å². The van der Waals surface area contributed by atoms with Gasteiger partial charge in [0.2, 0.25) is 0 Å². The minimum absolute atomic E-state index is 0.122. The number of nitrogens with zero attached hydrogens (tertiary/aromatic N) is 1. The van der Waals surface area contributed by atoms with Crippen LogP contribution in [0, 0.1) is 0 Å². The van der Waals surface area contributed by atoms with Crippen molar-refractivity contribution in [1.82, 2.24) is 4.98 Å². The summed E-state index contributed by atoms with van der Waals surface area (Å²) < 4.78 is 6.26. The summed E-state index contributed by atoms with van der Waals surface area (Å²) in [4.78, 5) is 5.13. The molecule has 2 nitrogen and oxygen atoms in total. The topological polar surface area (TPSA) is 26.0 Å². The lowest BCUT2D eigenvalue weighted by molar-refractivity contribution is 0.657. The SMILES string of the molecule is CC1(C)c2cc(-c3ccc(-c4cc(-c5ccccc5)cc(-c5ccccc5)n4)cc3)ccc2-c2c1ccc1oc3ccccc3c21. The molecule has 0 spiro atoms. The first-order chi connectivity index (χ1) is 22.5. The molecule has 2 heterocycles. The van der Waals surface area contributed by atoms with Crippen molar-refractivity contribution >= 4 is 21.9 Å². The maximum atomic E-state index is 6.26. The Balaban J connectivity index is 1.12. The van der Waals surface area contributed by atoms with Gasteiger partial charge < -0.3 is 4.42 Å². The zero-order valence-corrected chi connectivity index (χ0v) is 25.8. The zero-order valence-electron chi connectivity index (χ0n) is 25.8. The normalized spacial score (nSPS) is 13.2. The number of aromatic nitrogens is 1. The average molecular weight is 590 g/mol. The van der Waals surface area contributed by atoms with Gasteiger partial charge >= 0.3 is 0 Å². The Kier molecular flexibility index (Phi) is 5.88. The van der Waals surface area contributed by atoms with Crippen LogP contribution in [0.2, 0.25) is 0 Å². The van der Waals surface area contributed by atoms with Crippen LogP contribution in [0.4, 0.5) is 0 Å². The molecule has 0 bridgehead atoms. The maximum absolute atomic E-state index is 6.26. The molecule has 0 saturated carbocycles. The molecule has 46 heavy (non-hydrogen) atoms. The Hall–Kier alpha value is -5.73. The highest BCUT2D eigenvalue weighted by Gasteiger charge is 2.37. The molecule has 1 aliphatic carbocycles. The van der Waals surface area contributed by atoms with E-state index in [0.717, 1.165) is 39.2 Å². The van der Waals surface area contributed by atoms with E-state index in [9.17, 15) is 0 Å². The van der Waals surface area contributed by atoms with Crippen LogP contribution in [0.5, 0.6) is 0 Å². The molecule has 218 valence electrons. The predicted octanol–water partition coefficient (Wildman–Crippen LogP) is 12.0. The molecule has 0 N–H and O–H groups in total. The van der Waals surface area contributed by atoms with Crippen molar-refractivity contribution < 1.29 is 4.42 Å². The van der Waals surface area contributed by atoms with Crippen LogP contribution in [0.15, 0.2) is 156 Å². The number of para-hydroxylation sites is 1. The lowest BCUT2D eigenvalue weighted by Crippen LogP contribution is -2.14. The van der Waals surface area contributed by atoms with Crippen molar-refractivity contribution in [2.45, 2.75) is 19.3 Å². The monoisotopic (exact) mass is 589 g/mol. The largest absolute Gasteiger partial charge is 0.456 e. The predicted molar refractivity (Wildman–Crippen MR) is 191 cm³/mol. The molecule has 2 heteroatoms. The van der Waals surface area contributed by atoms with E-state index in [1.165, 1.54) is 49.7 Å². The van der Waals surface area contributed by atoms with Crippen molar-refractivity contribution in [2.75, 3.05) is 0 Å². The lowest BCUT2D eigenvalue weighted by Gasteiger charge is -2.22.